The first-order chi connectivity index (χ1) is 17.1. The molecule has 11 heteroatoms. The number of nitrogens with two attached hydrogens (primary N) is 1. The van der Waals surface area contributed by atoms with E-state index in [-0.39, 0.29) is 17.8 Å². The standard InChI is InChI=1S/C25H24F3N5O2S/c1-15-20(22(30-2)9-10-29)12-21(23(34)32-13-17-7-8-19(36-3)14-31-17)24(35)33(15)18-6-4-5-16(11-18)25(26,27)28/h4-12,14H,13,29H2,1-3H3,(H,32,34)/b10-9-,30-22?. The maximum absolute atomic E-state index is 13.4. The Morgan fingerprint density at radius 1 is 1.22 bits per heavy atom. The van der Waals surface area contributed by atoms with Gasteiger partial charge in [-0.2, -0.15) is 13.2 Å². The van der Waals surface area contributed by atoms with Crippen molar-refractivity contribution in [2.24, 2.45) is 10.7 Å². The summed E-state index contributed by atoms with van der Waals surface area (Å²) in [5.41, 5.74) is 5.12. The molecule has 0 radical (unpaired) electrons. The molecule has 0 spiro atoms. The van der Waals surface area contributed by atoms with Crippen molar-refractivity contribution in [3.05, 3.63) is 99.4 Å². The molecule has 3 rings (SSSR count). The van der Waals surface area contributed by atoms with Crippen LogP contribution in [0.2, 0.25) is 0 Å². The van der Waals surface area contributed by atoms with E-state index in [0.29, 0.717) is 22.7 Å². The fourth-order valence-electron chi connectivity index (χ4n) is 3.54. The first kappa shape index (κ1) is 26.7. The number of nitrogens with one attached hydrogen (secondary N) is 1. The van der Waals surface area contributed by atoms with E-state index in [1.165, 1.54) is 49.3 Å². The fourth-order valence-corrected chi connectivity index (χ4v) is 3.90. The molecule has 2 aromatic heterocycles. The van der Waals surface area contributed by atoms with Crippen LogP contribution in [0.1, 0.15) is 32.9 Å². The third-order valence-electron chi connectivity index (χ3n) is 5.36. The SMILES string of the molecule is CN=C(/C=C\N)c1cc(C(=O)NCc2ccc(SC)cn2)c(=O)n(-c2cccc(C(F)(F)F)c2)c1C. The van der Waals surface area contributed by atoms with E-state index in [9.17, 15) is 22.8 Å². The lowest BCUT2D eigenvalue weighted by Crippen LogP contribution is -2.34. The van der Waals surface area contributed by atoms with E-state index >= 15 is 0 Å². The predicted octanol–water partition coefficient (Wildman–Crippen LogP) is 4.10. The molecule has 36 heavy (non-hydrogen) atoms. The highest BCUT2D eigenvalue weighted by atomic mass is 32.2. The maximum Gasteiger partial charge on any atom is 0.416 e. The summed E-state index contributed by atoms with van der Waals surface area (Å²) in [5.74, 6) is -0.704. The number of carbonyl (C=O) groups excluding carboxylic acids is 1. The van der Waals surface area contributed by atoms with Crippen LogP contribution in [-0.2, 0) is 12.7 Å². The number of halogens is 3. The minimum atomic E-state index is -4.61. The zero-order chi connectivity index (χ0) is 26.5. The van der Waals surface area contributed by atoms with Crippen LogP contribution >= 0.6 is 11.8 Å². The Morgan fingerprint density at radius 3 is 2.56 bits per heavy atom. The topological polar surface area (TPSA) is 102 Å². The number of amides is 1. The van der Waals surface area contributed by atoms with Crippen LogP contribution in [0.4, 0.5) is 13.2 Å². The van der Waals surface area contributed by atoms with Gasteiger partial charge in [0.1, 0.15) is 5.56 Å². The Bertz CT molecular complexity index is 1380. The molecule has 1 amide bonds. The molecule has 1 aromatic carbocycles. The molecule has 3 aromatic rings. The number of allylic oxidation sites excluding steroid dienone is 1. The van der Waals surface area contributed by atoms with Crippen molar-refractivity contribution in [2.45, 2.75) is 24.5 Å². The van der Waals surface area contributed by atoms with Gasteiger partial charge in [-0.3, -0.25) is 24.1 Å². The quantitative estimate of drug-likeness (QED) is 0.364. The van der Waals surface area contributed by atoms with E-state index in [4.69, 9.17) is 5.73 Å². The van der Waals surface area contributed by atoms with Gasteiger partial charge >= 0.3 is 6.18 Å². The van der Waals surface area contributed by atoms with Crippen LogP contribution in [0.15, 0.2) is 75.6 Å². The Hall–Kier alpha value is -3.86. The lowest BCUT2D eigenvalue weighted by molar-refractivity contribution is -0.137. The maximum atomic E-state index is 13.4. The van der Waals surface area contributed by atoms with Gasteiger partial charge in [0.25, 0.3) is 11.5 Å². The lowest BCUT2D eigenvalue weighted by Gasteiger charge is -2.18. The second kappa shape index (κ2) is 11.3. The van der Waals surface area contributed by atoms with Crippen LogP contribution in [0.5, 0.6) is 0 Å². The van der Waals surface area contributed by atoms with Crippen molar-refractivity contribution in [3.8, 4) is 5.69 Å². The summed E-state index contributed by atoms with van der Waals surface area (Å²) in [5, 5.41) is 2.66. The first-order valence-corrected chi connectivity index (χ1v) is 11.9. The Kier molecular flexibility index (Phi) is 8.36. The minimum absolute atomic E-state index is 0.0373. The second-order valence-corrected chi connectivity index (χ2v) is 8.47. The number of nitrogens with zero attached hydrogens (tertiary/aromatic N) is 3. The van der Waals surface area contributed by atoms with E-state index in [1.54, 1.807) is 19.2 Å². The first-order valence-electron chi connectivity index (χ1n) is 10.7. The Morgan fingerprint density at radius 2 is 1.97 bits per heavy atom. The minimum Gasteiger partial charge on any atom is -0.405 e. The molecule has 0 aliphatic carbocycles. The number of aliphatic imine (C=N–C) groups is 1. The van der Waals surface area contributed by atoms with Gasteiger partial charge in [0.15, 0.2) is 0 Å². The second-order valence-electron chi connectivity index (χ2n) is 7.59. The summed E-state index contributed by atoms with van der Waals surface area (Å²) in [6, 6.07) is 9.31. The molecule has 0 aliphatic heterocycles. The molecule has 0 saturated carbocycles. The lowest BCUT2D eigenvalue weighted by atomic mass is 10.0. The largest absolute Gasteiger partial charge is 0.416 e. The van der Waals surface area contributed by atoms with Crippen molar-refractivity contribution >= 4 is 23.4 Å². The summed E-state index contributed by atoms with van der Waals surface area (Å²) in [6.45, 7) is 1.61. The van der Waals surface area contributed by atoms with E-state index in [1.807, 2.05) is 12.3 Å². The van der Waals surface area contributed by atoms with Gasteiger partial charge in [-0.1, -0.05) is 6.07 Å². The average Bonchev–Trinajstić information content (AvgIpc) is 2.86. The van der Waals surface area contributed by atoms with Gasteiger partial charge in [0.05, 0.1) is 23.5 Å². The summed E-state index contributed by atoms with van der Waals surface area (Å²) in [6.07, 6.45) is 1.69. The number of thioether (sulfide) groups is 1. The van der Waals surface area contributed by atoms with Gasteiger partial charge in [0.2, 0.25) is 0 Å². The monoisotopic (exact) mass is 515 g/mol. The molecule has 0 fully saturated rings. The van der Waals surface area contributed by atoms with Crippen LogP contribution in [0, 0.1) is 6.92 Å². The molecular formula is C25H24F3N5O2S. The molecule has 0 unspecified atom stereocenters. The zero-order valence-electron chi connectivity index (χ0n) is 19.8. The van der Waals surface area contributed by atoms with Crippen molar-refractivity contribution in [3.63, 3.8) is 0 Å². The van der Waals surface area contributed by atoms with Crippen LogP contribution in [0.3, 0.4) is 0 Å². The average molecular weight is 516 g/mol. The molecule has 7 nitrogen and oxygen atoms in total. The number of hydrogen-bond donors (Lipinski definition) is 2. The molecule has 0 saturated heterocycles. The summed E-state index contributed by atoms with van der Waals surface area (Å²) < 4.78 is 41.2. The summed E-state index contributed by atoms with van der Waals surface area (Å²) >= 11 is 1.52. The Balaban J connectivity index is 2.13. The number of carbonyl (C=O) groups is 1. The van der Waals surface area contributed by atoms with Gasteiger partial charge in [-0.05, 0) is 61.9 Å². The molecule has 0 atom stereocenters. The van der Waals surface area contributed by atoms with Crippen molar-refractivity contribution in [1.82, 2.24) is 14.9 Å². The van der Waals surface area contributed by atoms with Gasteiger partial charge in [0, 0.05) is 35.1 Å². The fraction of sp³-hybridized carbons (Fsp3) is 0.200. The summed E-state index contributed by atoms with van der Waals surface area (Å²) in [7, 11) is 1.50. The number of alkyl halides is 3. The predicted molar refractivity (Wildman–Crippen MR) is 135 cm³/mol. The van der Waals surface area contributed by atoms with Gasteiger partial charge in [-0.15, -0.1) is 11.8 Å². The number of benzene rings is 1. The third-order valence-corrected chi connectivity index (χ3v) is 6.07. The van der Waals surface area contributed by atoms with Crippen LogP contribution in [-0.4, -0.2) is 34.5 Å². The molecule has 0 bridgehead atoms. The highest BCUT2D eigenvalue weighted by Crippen LogP contribution is 2.30. The number of hydrogen-bond acceptors (Lipinski definition) is 6. The normalized spacial score (nSPS) is 12.2. The number of pyridine rings is 2. The number of aromatic nitrogens is 2. The molecule has 3 N–H and O–H groups in total. The highest BCUT2D eigenvalue weighted by Gasteiger charge is 2.31. The van der Waals surface area contributed by atoms with E-state index in [2.05, 4.69) is 15.3 Å². The van der Waals surface area contributed by atoms with Crippen molar-refractivity contribution in [1.29, 1.82) is 0 Å². The highest BCUT2D eigenvalue weighted by molar-refractivity contribution is 7.98. The zero-order valence-corrected chi connectivity index (χ0v) is 20.6. The number of rotatable bonds is 7. The molecule has 2 heterocycles. The van der Waals surface area contributed by atoms with E-state index in [0.717, 1.165) is 21.6 Å². The third kappa shape index (κ3) is 5.85. The van der Waals surface area contributed by atoms with E-state index < -0.39 is 23.2 Å². The summed E-state index contributed by atoms with van der Waals surface area (Å²) in [4.78, 5) is 35.9. The van der Waals surface area contributed by atoms with Gasteiger partial charge < -0.3 is 11.1 Å². The molecular weight excluding hydrogens is 491 g/mol. The van der Waals surface area contributed by atoms with Gasteiger partial charge in [-0.25, -0.2) is 0 Å². The molecule has 0 aliphatic rings. The van der Waals surface area contributed by atoms with Crippen molar-refractivity contribution in [2.75, 3.05) is 13.3 Å². The van der Waals surface area contributed by atoms with Crippen LogP contribution < -0.4 is 16.6 Å². The Labute approximate surface area is 210 Å². The van der Waals surface area contributed by atoms with Crippen LogP contribution in [0.25, 0.3) is 5.69 Å². The van der Waals surface area contributed by atoms with Crippen molar-refractivity contribution < 1.29 is 18.0 Å². The molecule has 188 valence electrons. The smallest absolute Gasteiger partial charge is 0.405 e.